The number of phenolic OH excluding ortho intramolecular Hbond substituents is 1. The Kier molecular flexibility index (Phi) is 7.97. The standard InChI is InChI=1S/C22H25Cl2N3O5/c23-16-9-13-11-27(7-5-18(29)12-2-1-3-14(28)8-12)6-4-15(13)20(24)19(16)21(30)26-17(10-25)22(31)32/h1-3,8-9,17-18,28-29H,4-7,10-11,25H2,(H,26,30)(H,31,32)/t17-,18?/m0/s1. The maximum absolute atomic E-state index is 12.6. The van der Waals surface area contributed by atoms with Crippen molar-refractivity contribution in [2.45, 2.75) is 31.5 Å². The highest BCUT2D eigenvalue weighted by molar-refractivity contribution is 6.40. The van der Waals surface area contributed by atoms with Crippen LogP contribution in [0.15, 0.2) is 30.3 Å². The molecule has 2 atom stereocenters. The fourth-order valence-corrected chi connectivity index (χ4v) is 4.53. The summed E-state index contributed by atoms with van der Waals surface area (Å²) in [5.74, 6) is -1.81. The second-order valence-electron chi connectivity index (χ2n) is 7.71. The second kappa shape index (κ2) is 10.5. The van der Waals surface area contributed by atoms with Crippen LogP contribution in [0.2, 0.25) is 10.0 Å². The largest absolute Gasteiger partial charge is 0.508 e. The van der Waals surface area contributed by atoms with E-state index in [0.717, 1.165) is 11.1 Å². The fourth-order valence-electron chi connectivity index (χ4n) is 3.76. The zero-order valence-corrected chi connectivity index (χ0v) is 18.7. The first-order valence-corrected chi connectivity index (χ1v) is 10.9. The average molecular weight is 482 g/mol. The lowest BCUT2D eigenvalue weighted by Crippen LogP contribution is -2.46. The molecular formula is C22H25Cl2N3O5. The number of aliphatic carboxylic acids is 1. The van der Waals surface area contributed by atoms with Gasteiger partial charge in [0.2, 0.25) is 0 Å². The van der Waals surface area contributed by atoms with Gasteiger partial charge < -0.3 is 26.4 Å². The van der Waals surface area contributed by atoms with Crippen molar-refractivity contribution in [3.05, 3.63) is 62.6 Å². The number of aromatic hydroxyl groups is 1. The van der Waals surface area contributed by atoms with Gasteiger partial charge in [0.1, 0.15) is 11.8 Å². The van der Waals surface area contributed by atoms with E-state index in [9.17, 15) is 19.8 Å². The number of carbonyl (C=O) groups is 2. The zero-order chi connectivity index (χ0) is 23.4. The molecule has 32 heavy (non-hydrogen) atoms. The number of nitrogens with two attached hydrogens (primary N) is 1. The average Bonchev–Trinajstić information content (AvgIpc) is 2.75. The van der Waals surface area contributed by atoms with Gasteiger partial charge in [-0.15, -0.1) is 0 Å². The molecule has 8 nitrogen and oxygen atoms in total. The van der Waals surface area contributed by atoms with Crippen LogP contribution in [0, 0.1) is 0 Å². The minimum Gasteiger partial charge on any atom is -0.508 e. The maximum Gasteiger partial charge on any atom is 0.327 e. The molecule has 10 heteroatoms. The van der Waals surface area contributed by atoms with Gasteiger partial charge >= 0.3 is 5.97 Å². The normalized spacial score (nSPS) is 15.6. The second-order valence-corrected chi connectivity index (χ2v) is 8.50. The molecule has 0 bridgehead atoms. The van der Waals surface area contributed by atoms with Gasteiger partial charge in [0.05, 0.1) is 21.7 Å². The quantitative estimate of drug-likeness (QED) is 0.390. The van der Waals surface area contributed by atoms with Crippen molar-refractivity contribution in [1.82, 2.24) is 10.2 Å². The molecule has 1 amide bonds. The molecule has 0 saturated heterocycles. The Morgan fingerprint density at radius 3 is 2.66 bits per heavy atom. The lowest BCUT2D eigenvalue weighted by molar-refractivity contribution is -0.138. The number of hydrogen-bond donors (Lipinski definition) is 5. The van der Waals surface area contributed by atoms with E-state index >= 15 is 0 Å². The predicted octanol–water partition coefficient (Wildman–Crippen LogP) is 2.32. The van der Waals surface area contributed by atoms with Crippen molar-refractivity contribution in [3.63, 3.8) is 0 Å². The van der Waals surface area contributed by atoms with Gasteiger partial charge in [-0.1, -0.05) is 35.3 Å². The number of fused-ring (bicyclic) bond motifs is 1. The summed E-state index contributed by atoms with van der Waals surface area (Å²) in [6.45, 7) is 1.57. The number of nitrogens with one attached hydrogen (secondary N) is 1. The van der Waals surface area contributed by atoms with Gasteiger partial charge in [-0.05, 0) is 47.7 Å². The van der Waals surface area contributed by atoms with Crippen LogP contribution in [-0.4, -0.2) is 57.8 Å². The molecule has 0 aliphatic carbocycles. The summed E-state index contributed by atoms with van der Waals surface area (Å²) in [6.07, 6.45) is 0.357. The molecule has 0 spiro atoms. The molecule has 0 saturated carbocycles. The minimum atomic E-state index is -1.24. The molecule has 1 heterocycles. The zero-order valence-electron chi connectivity index (χ0n) is 17.2. The van der Waals surface area contributed by atoms with Crippen molar-refractivity contribution in [3.8, 4) is 5.75 Å². The summed E-state index contributed by atoms with van der Waals surface area (Å²) in [5, 5.41) is 31.8. The van der Waals surface area contributed by atoms with E-state index in [1.807, 2.05) is 0 Å². The highest BCUT2D eigenvalue weighted by Crippen LogP contribution is 2.35. The Bertz CT molecular complexity index is 1020. The van der Waals surface area contributed by atoms with E-state index in [1.54, 1.807) is 30.3 Å². The molecule has 1 unspecified atom stereocenters. The Morgan fingerprint density at radius 2 is 2.00 bits per heavy atom. The van der Waals surface area contributed by atoms with Crippen LogP contribution in [0.25, 0.3) is 0 Å². The van der Waals surface area contributed by atoms with Crippen LogP contribution >= 0.6 is 23.2 Å². The molecule has 2 aromatic rings. The van der Waals surface area contributed by atoms with Gasteiger partial charge in [0, 0.05) is 26.2 Å². The summed E-state index contributed by atoms with van der Waals surface area (Å²) < 4.78 is 0. The maximum atomic E-state index is 12.6. The fraction of sp³-hybridized carbons (Fsp3) is 0.364. The van der Waals surface area contributed by atoms with Crippen LogP contribution in [0.5, 0.6) is 5.75 Å². The van der Waals surface area contributed by atoms with E-state index in [0.29, 0.717) is 38.0 Å². The highest BCUT2D eigenvalue weighted by Gasteiger charge is 2.27. The summed E-state index contributed by atoms with van der Waals surface area (Å²) in [5.41, 5.74) is 7.77. The first kappa shape index (κ1) is 24.3. The van der Waals surface area contributed by atoms with Crippen molar-refractivity contribution >= 4 is 35.1 Å². The van der Waals surface area contributed by atoms with Crippen LogP contribution in [-0.2, 0) is 17.8 Å². The first-order chi connectivity index (χ1) is 15.2. The number of benzene rings is 2. The molecule has 2 aromatic carbocycles. The van der Waals surface area contributed by atoms with Crippen molar-refractivity contribution in [1.29, 1.82) is 0 Å². The van der Waals surface area contributed by atoms with E-state index in [4.69, 9.17) is 34.0 Å². The molecule has 0 radical (unpaired) electrons. The number of carboxylic acids is 1. The van der Waals surface area contributed by atoms with Gasteiger partial charge in [0.15, 0.2) is 0 Å². The molecule has 0 fully saturated rings. The molecule has 1 aliphatic rings. The van der Waals surface area contributed by atoms with Crippen molar-refractivity contribution < 1.29 is 24.9 Å². The molecule has 172 valence electrons. The Morgan fingerprint density at radius 1 is 1.25 bits per heavy atom. The minimum absolute atomic E-state index is 0.0412. The highest BCUT2D eigenvalue weighted by atomic mass is 35.5. The topological polar surface area (TPSA) is 136 Å². The van der Waals surface area contributed by atoms with Crippen LogP contribution in [0.1, 0.15) is 39.6 Å². The lowest BCUT2D eigenvalue weighted by atomic mass is 9.96. The van der Waals surface area contributed by atoms with Crippen LogP contribution in [0.3, 0.4) is 0 Å². The molecule has 0 aromatic heterocycles. The number of rotatable bonds is 8. The van der Waals surface area contributed by atoms with Gasteiger partial charge in [-0.3, -0.25) is 9.69 Å². The van der Waals surface area contributed by atoms with Crippen molar-refractivity contribution in [2.75, 3.05) is 19.6 Å². The predicted molar refractivity (Wildman–Crippen MR) is 121 cm³/mol. The molecule has 6 N–H and O–H groups in total. The third-order valence-electron chi connectivity index (χ3n) is 5.52. The van der Waals surface area contributed by atoms with Crippen LogP contribution < -0.4 is 11.1 Å². The number of hydrogen-bond acceptors (Lipinski definition) is 6. The van der Waals surface area contributed by atoms with E-state index in [1.165, 1.54) is 0 Å². The Balaban J connectivity index is 1.69. The smallest absolute Gasteiger partial charge is 0.327 e. The van der Waals surface area contributed by atoms with Crippen molar-refractivity contribution in [2.24, 2.45) is 5.73 Å². The number of carboxylic acid groups (broad SMARTS) is 1. The third kappa shape index (κ3) is 5.51. The third-order valence-corrected chi connectivity index (χ3v) is 6.24. The first-order valence-electron chi connectivity index (χ1n) is 10.1. The number of aliphatic hydroxyl groups is 1. The number of aliphatic hydroxyl groups excluding tert-OH is 1. The molecule has 3 rings (SSSR count). The number of amides is 1. The van der Waals surface area contributed by atoms with E-state index < -0.39 is 24.0 Å². The number of halogens is 2. The number of phenols is 1. The lowest BCUT2D eigenvalue weighted by Gasteiger charge is -2.31. The molecular weight excluding hydrogens is 457 g/mol. The Labute approximate surface area is 195 Å². The van der Waals surface area contributed by atoms with Gasteiger partial charge in [-0.25, -0.2) is 4.79 Å². The van der Waals surface area contributed by atoms with E-state index in [-0.39, 0.29) is 27.9 Å². The SMILES string of the molecule is NC[C@H](NC(=O)c1c(Cl)cc2c(c1Cl)CCN(CCC(O)c1cccc(O)c1)C2)C(=O)O. The Hall–Kier alpha value is -2.36. The summed E-state index contributed by atoms with van der Waals surface area (Å²) in [6, 6.07) is 6.99. The number of nitrogens with zero attached hydrogens (tertiary/aromatic N) is 1. The molecule has 1 aliphatic heterocycles. The van der Waals surface area contributed by atoms with Gasteiger partial charge in [0.25, 0.3) is 5.91 Å². The van der Waals surface area contributed by atoms with Gasteiger partial charge in [-0.2, -0.15) is 0 Å². The summed E-state index contributed by atoms with van der Waals surface area (Å²) in [4.78, 5) is 25.9. The summed E-state index contributed by atoms with van der Waals surface area (Å²) in [7, 11) is 0. The van der Waals surface area contributed by atoms with Crippen LogP contribution in [0.4, 0.5) is 0 Å². The summed E-state index contributed by atoms with van der Waals surface area (Å²) >= 11 is 12.8. The van der Waals surface area contributed by atoms with E-state index in [2.05, 4.69) is 10.2 Å². The number of carbonyl (C=O) groups excluding carboxylic acids is 1. The monoisotopic (exact) mass is 481 g/mol.